The summed E-state index contributed by atoms with van der Waals surface area (Å²) in [6.07, 6.45) is 4.58. The van der Waals surface area contributed by atoms with Crippen LogP contribution < -0.4 is 5.32 Å². The minimum absolute atomic E-state index is 0.180. The highest BCUT2D eigenvalue weighted by Crippen LogP contribution is 2.30. The summed E-state index contributed by atoms with van der Waals surface area (Å²) in [5, 5.41) is 4.98. The number of thiophene rings is 1. The fraction of sp³-hybridized carbons (Fsp3) is 0.133. The van der Waals surface area contributed by atoms with Crippen molar-refractivity contribution in [3.8, 4) is 10.6 Å². The molecule has 1 N–H and O–H groups in total. The first-order chi connectivity index (χ1) is 10.6. The van der Waals surface area contributed by atoms with Crippen molar-refractivity contribution in [3.05, 3.63) is 59.9 Å². The summed E-state index contributed by atoms with van der Waals surface area (Å²) in [6, 6.07) is 8.90. The van der Waals surface area contributed by atoms with Gasteiger partial charge in [-0.05, 0) is 42.3 Å². The number of hydrogen-bond acceptors (Lipinski definition) is 5. The minimum atomic E-state index is -3.66. The molecule has 0 aliphatic rings. The van der Waals surface area contributed by atoms with Gasteiger partial charge in [-0.25, -0.2) is 12.4 Å². The van der Waals surface area contributed by atoms with Gasteiger partial charge in [-0.3, -0.25) is 4.98 Å². The van der Waals surface area contributed by atoms with Crippen LogP contribution in [0.15, 0.2) is 59.2 Å². The molecule has 0 amide bonds. The van der Waals surface area contributed by atoms with Crippen molar-refractivity contribution in [1.82, 2.24) is 14.3 Å². The van der Waals surface area contributed by atoms with Crippen LogP contribution in [0.5, 0.6) is 0 Å². The SMILES string of the molecule is CNCc1cc(-c2cccs2)n(S(=O)(=O)c2cccnc2)c1. The molecule has 0 fully saturated rings. The Morgan fingerprint density at radius 3 is 2.82 bits per heavy atom. The van der Waals surface area contributed by atoms with Crippen molar-refractivity contribution in [1.29, 1.82) is 0 Å². The zero-order valence-electron chi connectivity index (χ0n) is 11.9. The van der Waals surface area contributed by atoms with Gasteiger partial charge in [0.1, 0.15) is 4.90 Å². The van der Waals surface area contributed by atoms with Gasteiger partial charge in [0.05, 0.1) is 10.6 Å². The Morgan fingerprint density at radius 2 is 2.18 bits per heavy atom. The van der Waals surface area contributed by atoms with Crippen LogP contribution in [0.2, 0.25) is 0 Å². The van der Waals surface area contributed by atoms with E-state index in [1.165, 1.54) is 21.5 Å². The van der Waals surface area contributed by atoms with E-state index in [1.807, 2.05) is 30.6 Å². The van der Waals surface area contributed by atoms with Gasteiger partial charge in [0.2, 0.25) is 0 Å². The number of pyridine rings is 1. The third-order valence-corrected chi connectivity index (χ3v) is 5.74. The monoisotopic (exact) mass is 333 g/mol. The van der Waals surface area contributed by atoms with E-state index in [0.717, 1.165) is 10.4 Å². The fourth-order valence-electron chi connectivity index (χ4n) is 2.21. The van der Waals surface area contributed by atoms with E-state index >= 15 is 0 Å². The topological polar surface area (TPSA) is 64.0 Å². The van der Waals surface area contributed by atoms with Crippen molar-refractivity contribution in [2.75, 3.05) is 7.05 Å². The average molecular weight is 333 g/mol. The van der Waals surface area contributed by atoms with Crippen molar-refractivity contribution >= 4 is 21.4 Å². The van der Waals surface area contributed by atoms with E-state index in [1.54, 1.807) is 24.5 Å². The first kappa shape index (κ1) is 15.0. The van der Waals surface area contributed by atoms with E-state index in [4.69, 9.17) is 0 Å². The lowest BCUT2D eigenvalue weighted by atomic mass is 10.3. The molecule has 0 saturated heterocycles. The molecule has 0 atom stereocenters. The van der Waals surface area contributed by atoms with Crippen LogP contribution in [0.3, 0.4) is 0 Å². The highest BCUT2D eigenvalue weighted by atomic mass is 32.2. The maximum Gasteiger partial charge on any atom is 0.269 e. The van der Waals surface area contributed by atoms with Gasteiger partial charge in [-0.15, -0.1) is 11.3 Å². The number of rotatable bonds is 5. The summed E-state index contributed by atoms with van der Waals surface area (Å²) in [5.41, 5.74) is 1.59. The van der Waals surface area contributed by atoms with Gasteiger partial charge in [0.15, 0.2) is 0 Å². The summed E-state index contributed by atoms with van der Waals surface area (Å²) in [6.45, 7) is 0.605. The van der Waals surface area contributed by atoms with Crippen LogP contribution in [0.4, 0.5) is 0 Å². The largest absolute Gasteiger partial charge is 0.316 e. The van der Waals surface area contributed by atoms with Crippen molar-refractivity contribution in [2.24, 2.45) is 0 Å². The molecule has 0 radical (unpaired) electrons. The van der Waals surface area contributed by atoms with Gasteiger partial charge in [0.25, 0.3) is 10.0 Å². The molecular formula is C15H15N3O2S2. The molecule has 0 aliphatic carbocycles. The molecule has 5 nitrogen and oxygen atoms in total. The van der Waals surface area contributed by atoms with E-state index in [9.17, 15) is 8.42 Å². The number of hydrogen-bond donors (Lipinski definition) is 1. The smallest absolute Gasteiger partial charge is 0.269 e. The second kappa shape index (κ2) is 6.04. The fourth-order valence-corrected chi connectivity index (χ4v) is 4.37. The van der Waals surface area contributed by atoms with E-state index in [2.05, 4.69) is 10.3 Å². The normalized spacial score (nSPS) is 11.7. The summed E-state index contributed by atoms with van der Waals surface area (Å²) < 4.78 is 27.1. The number of nitrogens with one attached hydrogen (secondary N) is 1. The first-order valence-corrected chi connectivity index (χ1v) is 9.00. The predicted octanol–water partition coefficient (Wildman–Crippen LogP) is 2.57. The first-order valence-electron chi connectivity index (χ1n) is 6.68. The lowest BCUT2D eigenvalue weighted by Gasteiger charge is -2.09. The second-order valence-electron chi connectivity index (χ2n) is 4.73. The third kappa shape index (κ3) is 2.70. The lowest BCUT2D eigenvalue weighted by molar-refractivity contribution is 0.587. The van der Waals surface area contributed by atoms with Crippen LogP contribution in [0.25, 0.3) is 10.6 Å². The molecule has 22 heavy (non-hydrogen) atoms. The molecule has 114 valence electrons. The molecule has 7 heteroatoms. The Kier molecular flexibility index (Phi) is 4.10. The predicted molar refractivity (Wildman–Crippen MR) is 87.3 cm³/mol. The highest BCUT2D eigenvalue weighted by Gasteiger charge is 2.22. The van der Waals surface area contributed by atoms with Gasteiger partial charge in [0, 0.05) is 25.1 Å². The van der Waals surface area contributed by atoms with E-state index < -0.39 is 10.0 Å². The number of aromatic nitrogens is 2. The molecule has 0 aliphatic heterocycles. The summed E-state index contributed by atoms with van der Waals surface area (Å²) in [5.74, 6) is 0. The van der Waals surface area contributed by atoms with Crippen molar-refractivity contribution < 1.29 is 8.42 Å². The molecule has 3 rings (SSSR count). The zero-order chi connectivity index (χ0) is 15.6. The molecule has 3 aromatic rings. The minimum Gasteiger partial charge on any atom is -0.316 e. The molecule has 3 aromatic heterocycles. The van der Waals surface area contributed by atoms with E-state index in [-0.39, 0.29) is 4.90 Å². The van der Waals surface area contributed by atoms with E-state index in [0.29, 0.717) is 12.2 Å². The summed E-state index contributed by atoms with van der Waals surface area (Å²) in [4.78, 5) is 5.00. The maximum absolute atomic E-state index is 12.9. The summed E-state index contributed by atoms with van der Waals surface area (Å²) >= 11 is 1.51. The van der Waals surface area contributed by atoms with Crippen LogP contribution in [0.1, 0.15) is 5.56 Å². The molecular weight excluding hydrogens is 318 g/mol. The molecule has 0 aromatic carbocycles. The lowest BCUT2D eigenvalue weighted by Crippen LogP contribution is -2.13. The zero-order valence-corrected chi connectivity index (χ0v) is 13.6. The second-order valence-corrected chi connectivity index (χ2v) is 7.49. The average Bonchev–Trinajstić information content (AvgIpc) is 3.17. The van der Waals surface area contributed by atoms with Crippen LogP contribution in [-0.2, 0) is 16.6 Å². The van der Waals surface area contributed by atoms with Crippen LogP contribution in [0, 0.1) is 0 Å². The van der Waals surface area contributed by atoms with Crippen molar-refractivity contribution in [2.45, 2.75) is 11.4 Å². The Morgan fingerprint density at radius 1 is 1.32 bits per heavy atom. The molecule has 3 heterocycles. The van der Waals surface area contributed by atoms with Gasteiger partial charge in [-0.1, -0.05) is 6.07 Å². The third-order valence-electron chi connectivity index (χ3n) is 3.19. The highest BCUT2D eigenvalue weighted by molar-refractivity contribution is 7.90. The standard InChI is InChI=1S/C15H15N3O2S2/c1-16-9-12-8-14(15-5-3-7-21-15)18(11-12)22(19,20)13-4-2-6-17-10-13/h2-8,10-11,16H,9H2,1H3. The Bertz CT molecular complexity index is 854. The summed E-state index contributed by atoms with van der Waals surface area (Å²) in [7, 11) is -1.83. The maximum atomic E-state index is 12.9. The number of nitrogens with zero attached hydrogens (tertiary/aromatic N) is 2. The van der Waals surface area contributed by atoms with Crippen LogP contribution >= 0.6 is 11.3 Å². The molecule has 0 bridgehead atoms. The Hall–Kier alpha value is -1.96. The van der Waals surface area contributed by atoms with Gasteiger partial charge in [-0.2, -0.15) is 0 Å². The Balaban J connectivity index is 2.17. The molecule has 0 saturated carbocycles. The molecule has 0 unspecified atom stereocenters. The molecule has 0 spiro atoms. The van der Waals surface area contributed by atoms with Crippen molar-refractivity contribution in [3.63, 3.8) is 0 Å². The Labute approximate surface area is 133 Å². The van der Waals surface area contributed by atoms with Crippen LogP contribution in [-0.4, -0.2) is 24.4 Å². The van der Waals surface area contributed by atoms with Gasteiger partial charge < -0.3 is 5.32 Å². The quantitative estimate of drug-likeness (QED) is 0.779. The van der Waals surface area contributed by atoms with Gasteiger partial charge >= 0.3 is 0 Å².